The van der Waals surface area contributed by atoms with Crippen LogP contribution in [-0.4, -0.2) is 23.4 Å². The van der Waals surface area contributed by atoms with Gasteiger partial charge < -0.3 is 10.1 Å². The van der Waals surface area contributed by atoms with Gasteiger partial charge in [-0.05, 0) is 61.4 Å². The summed E-state index contributed by atoms with van der Waals surface area (Å²) in [5, 5.41) is 14.0. The molecule has 29 heavy (non-hydrogen) atoms. The lowest BCUT2D eigenvalue weighted by atomic mass is 9.95. The number of rotatable bonds is 7. The molecule has 1 aliphatic rings. The van der Waals surface area contributed by atoms with Crippen molar-refractivity contribution in [1.82, 2.24) is 0 Å². The Balaban J connectivity index is 1.76. The zero-order chi connectivity index (χ0) is 20.8. The van der Waals surface area contributed by atoms with Crippen molar-refractivity contribution in [2.45, 2.75) is 39.0 Å². The lowest BCUT2D eigenvalue weighted by Gasteiger charge is -2.12. The van der Waals surface area contributed by atoms with E-state index in [1.54, 1.807) is 18.2 Å². The summed E-state index contributed by atoms with van der Waals surface area (Å²) in [5.41, 5.74) is 2.14. The highest BCUT2D eigenvalue weighted by Gasteiger charge is 2.27. The molecule has 0 radical (unpaired) electrons. The number of nitro benzene ring substituents is 1. The predicted molar refractivity (Wildman–Crippen MR) is 112 cm³/mol. The Labute approximate surface area is 172 Å². The lowest BCUT2D eigenvalue weighted by Crippen LogP contribution is -2.14. The first-order valence-electron chi connectivity index (χ1n) is 9.54. The highest BCUT2D eigenvalue weighted by atomic mass is 32.1. The third-order valence-electron chi connectivity index (χ3n) is 4.58. The van der Waals surface area contributed by atoms with Crippen molar-refractivity contribution in [2.75, 3.05) is 11.9 Å². The summed E-state index contributed by atoms with van der Waals surface area (Å²) in [7, 11) is 0. The maximum absolute atomic E-state index is 12.6. The normalized spacial score (nSPS) is 13.1. The van der Waals surface area contributed by atoms with E-state index in [-0.39, 0.29) is 17.6 Å². The summed E-state index contributed by atoms with van der Waals surface area (Å²) in [5.74, 6) is -0.757. The van der Waals surface area contributed by atoms with E-state index in [1.807, 2.05) is 6.92 Å². The highest BCUT2D eigenvalue weighted by molar-refractivity contribution is 7.17. The third kappa shape index (κ3) is 5.08. The number of anilines is 1. The summed E-state index contributed by atoms with van der Waals surface area (Å²) < 4.78 is 5.33. The van der Waals surface area contributed by atoms with Crippen molar-refractivity contribution < 1.29 is 19.2 Å². The van der Waals surface area contributed by atoms with Crippen LogP contribution in [-0.2, 0) is 22.4 Å². The number of carbonyl (C=O) groups excluding carboxylic acids is 2. The van der Waals surface area contributed by atoms with E-state index in [0.717, 1.165) is 42.5 Å². The largest absolute Gasteiger partial charge is 0.462 e. The van der Waals surface area contributed by atoms with E-state index in [1.165, 1.54) is 29.5 Å². The van der Waals surface area contributed by atoms with Crippen molar-refractivity contribution in [3.8, 4) is 0 Å². The van der Waals surface area contributed by atoms with Gasteiger partial charge in [-0.2, -0.15) is 0 Å². The molecule has 2 aromatic rings. The minimum Gasteiger partial charge on any atom is -0.462 e. The summed E-state index contributed by atoms with van der Waals surface area (Å²) in [6, 6.07) is 5.90. The van der Waals surface area contributed by atoms with Crippen LogP contribution >= 0.6 is 11.3 Å². The van der Waals surface area contributed by atoms with Gasteiger partial charge in [0, 0.05) is 23.1 Å². The molecule has 0 spiro atoms. The standard InChI is InChI=1S/C21H22N2O5S/c1-2-13-28-21(25)19-16-5-3-4-6-17(16)29-20(19)22-18(24)12-9-14-7-10-15(11-8-14)23(26)27/h7-12H,2-6,13H2,1H3,(H,22,24)/b12-9+. The van der Waals surface area contributed by atoms with Gasteiger partial charge in [-0.1, -0.05) is 6.92 Å². The van der Waals surface area contributed by atoms with Crippen molar-refractivity contribution in [1.29, 1.82) is 0 Å². The number of nitro groups is 1. The number of thiophene rings is 1. The smallest absolute Gasteiger partial charge is 0.341 e. The monoisotopic (exact) mass is 414 g/mol. The summed E-state index contributed by atoms with van der Waals surface area (Å²) in [6.45, 7) is 2.28. The van der Waals surface area contributed by atoms with Gasteiger partial charge >= 0.3 is 5.97 Å². The predicted octanol–water partition coefficient (Wildman–Crippen LogP) is 4.75. The van der Waals surface area contributed by atoms with Crippen LogP contribution < -0.4 is 5.32 Å². The van der Waals surface area contributed by atoms with Gasteiger partial charge in [0.25, 0.3) is 5.69 Å². The van der Waals surface area contributed by atoms with E-state index in [2.05, 4.69) is 5.32 Å². The van der Waals surface area contributed by atoms with Gasteiger partial charge in [-0.15, -0.1) is 11.3 Å². The van der Waals surface area contributed by atoms with Gasteiger partial charge in [0.1, 0.15) is 5.00 Å². The van der Waals surface area contributed by atoms with Gasteiger partial charge in [0.05, 0.1) is 17.1 Å². The molecule has 1 aromatic carbocycles. The molecule has 1 N–H and O–H groups in total. The molecular weight excluding hydrogens is 392 g/mol. The molecule has 0 saturated carbocycles. The van der Waals surface area contributed by atoms with Gasteiger partial charge in [0.15, 0.2) is 0 Å². The Hall–Kier alpha value is -3.00. The number of carbonyl (C=O) groups is 2. The summed E-state index contributed by atoms with van der Waals surface area (Å²) in [6.07, 6.45) is 7.47. The molecular formula is C21H22N2O5S. The molecule has 1 amide bonds. The molecule has 1 heterocycles. The van der Waals surface area contributed by atoms with E-state index in [4.69, 9.17) is 4.74 Å². The molecule has 0 unspecified atom stereocenters. The van der Waals surface area contributed by atoms with Crippen LogP contribution in [0.25, 0.3) is 6.08 Å². The van der Waals surface area contributed by atoms with E-state index in [9.17, 15) is 19.7 Å². The molecule has 0 fully saturated rings. The van der Waals surface area contributed by atoms with Crippen LogP contribution in [0.5, 0.6) is 0 Å². The first-order valence-corrected chi connectivity index (χ1v) is 10.4. The topological polar surface area (TPSA) is 98.5 Å². The number of hydrogen-bond donors (Lipinski definition) is 1. The fourth-order valence-electron chi connectivity index (χ4n) is 3.17. The van der Waals surface area contributed by atoms with Crippen molar-refractivity contribution in [3.63, 3.8) is 0 Å². The number of amides is 1. The summed E-state index contributed by atoms with van der Waals surface area (Å²) >= 11 is 1.44. The number of non-ortho nitro benzene ring substituents is 1. The van der Waals surface area contributed by atoms with Crippen LogP contribution in [0.15, 0.2) is 30.3 Å². The number of nitrogens with zero attached hydrogens (tertiary/aromatic N) is 1. The Morgan fingerprint density at radius 3 is 2.66 bits per heavy atom. The quantitative estimate of drug-likeness (QED) is 0.305. The van der Waals surface area contributed by atoms with Crippen molar-refractivity contribution in [3.05, 3.63) is 62.0 Å². The molecule has 152 valence electrons. The molecule has 3 rings (SSSR count). The lowest BCUT2D eigenvalue weighted by molar-refractivity contribution is -0.384. The Kier molecular flexibility index (Phi) is 6.77. The average molecular weight is 414 g/mol. The minimum atomic E-state index is -0.474. The van der Waals surface area contributed by atoms with Crippen LogP contribution in [0.3, 0.4) is 0 Å². The van der Waals surface area contributed by atoms with Crippen molar-refractivity contribution >= 4 is 40.0 Å². The molecule has 8 heteroatoms. The number of nitrogens with one attached hydrogen (secondary N) is 1. The van der Waals surface area contributed by atoms with Crippen LogP contribution in [0.4, 0.5) is 10.7 Å². The average Bonchev–Trinajstić information content (AvgIpc) is 3.08. The fraction of sp³-hybridized carbons (Fsp3) is 0.333. The van der Waals surface area contributed by atoms with Gasteiger partial charge in [-0.3, -0.25) is 14.9 Å². The van der Waals surface area contributed by atoms with E-state index < -0.39 is 4.92 Å². The number of ether oxygens (including phenoxy) is 1. The van der Waals surface area contributed by atoms with Crippen LogP contribution in [0, 0.1) is 10.1 Å². The highest BCUT2D eigenvalue weighted by Crippen LogP contribution is 2.38. The molecule has 7 nitrogen and oxygen atoms in total. The molecule has 0 atom stereocenters. The van der Waals surface area contributed by atoms with Crippen LogP contribution in [0.2, 0.25) is 0 Å². The Bertz CT molecular complexity index is 947. The molecule has 0 aliphatic heterocycles. The summed E-state index contributed by atoms with van der Waals surface area (Å²) in [4.78, 5) is 36.3. The number of esters is 1. The number of aryl methyl sites for hydroxylation is 1. The number of benzene rings is 1. The molecule has 0 bridgehead atoms. The Morgan fingerprint density at radius 1 is 1.24 bits per heavy atom. The van der Waals surface area contributed by atoms with E-state index in [0.29, 0.717) is 22.7 Å². The SMILES string of the molecule is CCCOC(=O)c1c(NC(=O)/C=C/c2ccc([N+](=O)[O-])cc2)sc2c1CCCC2. The first-order chi connectivity index (χ1) is 14.0. The first kappa shape index (κ1) is 20.7. The minimum absolute atomic E-state index is 0.00833. The van der Waals surface area contributed by atoms with Gasteiger partial charge in [0.2, 0.25) is 5.91 Å². The maximum Gasteiger partial charge on any atom is 0.341 e. The zero-order valence-electron chi connectivity index (χ0n) is 16.1. The second-order valence-corrected chi connectivity index (χ2v) is 7.83. The second kappa shape index (κ2) is 9.47. The zero-order valence-corrected chi connectivity index (χ0v) is 16.9. The third-order valence-corrected chi connectivity index (χ3v) is 5.79. The number of hydrogen-bond acceptors (Lipinski definition) is 6. The molecule has 0 saturated heterocycles. The van der Waals surface area contributed by atoms with Crippen LogP contribution in [0.1, 0.15) is 52.5 Å². The van der Waals surface area contributed by atoms with E-state index >= 15 is 0 Å². The molecule has 1 aliphatic carbocycles. The number of fused-ring (bicyclic) bond motifs is 1. The second-order valence-electron chi connectivity index (χ2n) is 6.72. The van der Waals surface area contributed by atoms with Crippen molar-refractivity contribution in [2.24, 2.45) is 0 Å². The maximum atomic E-state index is 12.6. The Morgan fingerprint density at radius 2 is 1.97 bits per heavy atom. The molecule has 1 aromatic heterocycles. The fourth-order valence-corrected chi connectivity index (χ4v) is 4.45. The van der Waals surface area contributed by atoms with Gasteiger partial charge in [-0.25, -0.2) is 4.79 Å².